The predicted octanol–water partition coefficient (Wildman–Crippen LogP) is 6.10. The zero-order valence-electron chi connectivity index (χ0n) is 23.9. The molecule has 0 radical (unpaired) electrons. The molecule has 9 nitrogen and oxygen atoms in total. The number of thioether (sulfide) groups is 1. The molecular weight excluding hydrogens is 562 g/mol. The molecule has 0 saturated heterocycles. The van der Waals surface area contributed by atoms with Crippen molar-refractivity contribution in [3.8, 4) is 5.75 Å². The van der Waals surface area contributed by atoms with E-state index in [-0.39, 0.29) is 12.5 Å². The van der Waals surface area contributed by atoms with E-state index >= 15 is 0 Å². The molecule has 0 bridgehead atoms. The lowest BCUT2D eigenvalue weighted by molar-refractivity contribution is -0.139. The molecule has 0 aliphatic carbocycles. The van der Waals surface area contributed by atoms with Crippen LogP contribution < -0.4 is 10.1 Å². The first-order valence-corrected chi connectivity index (χ1v) is 15.2. The van der Waals surface area contributed by atoms with Gasteiger partial charge in [-0.05, 0) is 56.5 Å². The Hall–Kier alpha value is -3.50. The quantitative estimate of drug-likeness (QED) is 0.143. The number of nitrogens with zero attached hydrogens (tertiary/aromatic N) is 4. The van der Waals surface area contributed by atoms with Gasteiger partial charge in [-0.15, -0.1) is 5.10 Å². The predicted molar refractivity (Wildman–Crippen MR) is 161 cm³/mol. The third-order valence-electron chi connectivity index (χ3n) is 6.77. The molecule has 2 aromatic carbocycles. The number of nitrogens with one attached hydrogen (secondary N) is 1. The Morgan fingerprint density at radius 2 is 1.83 bits per heavy atom. The number of rotatable bonds is 13. The Labute approximate surface area is 250 Å². The fraction of sp³-hybridized carbons (Fsp3) is 0.400. The highest BCUT2D eigenvalue weighted by molar-refractivity contribution is 7.98. The van der Waals surface area contributed by atoms with Crippen LogP contribution in [0.1, 0.15) is 57.7 Å². The summed E-state index contributed by atoms with van der Waals surface area (Å²) in [6.45, 7) is 9.34. The number of hydrogen-bond acceptors (Lipinski definition) is 8. The van der Waals surface area contributed by atoms with Gasteiger partial charge in [0.2, 0.25) is 11.1 Å². The minimum Gasteiger partial charge on any atom is -0.484 e. The van der Waals surface area contributed by atoms with Crippen LogP contribution in [0.3, 0.4) is 0 Å². The number of anilines is 1. The number of esters is 1. The monoisotopic (exact) mass is 597 g/mol. The highest BCUT2D eigenvalue weighted by atomic mass is 35.5. The molecule has 41 heavy (non-hydrogen) atoms. The zero-order chi connectivity index (χ0) is 29.4. The molecule has 1 N–H and O–H groups in total. The maximum atomic E-state index is 13.3. The lowest BCUT2D eigenvalue weighted by Crippen LogP contribution is -2.34. The molecule has 3 aromatic rings. The van der Waals surface area contributed by atoms with E-state index in [0.29, 0.717) is 58.6 Å². The number of halogens is 1. The number of fused-ring (bicyclic) bond motifs is 1. The van der Waals surface area contributed by atoms with Crippen molar-refractivity contribution in [2.45, 2.75) is 57.5 Å². The van der Waals surface area contributed by atoms with Crippen molar-refractivity contribution in [1.82, 2.24) is 19.7 Å². The summed E-state index contributed by atoms with van der Waals surface area (Å²) < 4.78 is 13.1. The molecule has 0 spiro atoms. The first-order chi connectivity index (χ1) is 19.9. The van der Waals surface area contributed by atoms with Crippen molar-refractivity contribution >= 4 is 41.2 Å². The highest BCUT2D eigenvalue weighted by Crippen LogP contribution is 2.38. The molecule has 2 heterocycles. The Kier molecular flexibility index (Phi) is 10.7. The van der Waals surface area contributed by atoms with Crippen molar-refractivity contribution in [3.63, 3.8) is 0 Å². The van der Waals surface area contributed by atoms with E-state index in [0.717, 1.165) is 24.0 Å². The van der Waals surface area contributed by atoms with Gasteiger partial charge in [0.1, 0.15) is 11.8 Å². The average molecular weight is 598 g/mol. The SMILES string of the molecule is CCCCOC(=O)C1=C(C)Nc2nc(SCc3ccccc3Cl)nn2C1c1ccc(OCC(=O)N(CC)CC)cc1. The van der Waals surface area contributed by atoms with Gasteiger partial charge in [0.05, 0.1) is 12.2 Å². The van der Waals surface area contributed by atoms with Gasteiger partial charge in [0, 0.05) is 29.6 Å². The minimum absolute atomic E-state index is 0.0401. The fourth-order valence-electron chi connectivity index (χ4n) is 4.47. The Balaban J connectivity index is 1.60. The maximum Gasteiger partial charge on any atom is 0.338 e. The van der Waals surface area contributed by atoms with Gasteiger partial charge in [-0.25, -0.2) is 9.48 Å². The van der Waals surface area contributed by atoms with Gasteiger partial charge in [-0.3, -0.25) is 4.79 Å². The molecule has 218 valence electrons. The number of amides is 1. The van der Waals surface area contributed by atoms with Crippen LogP contribution in [-0.4, -0.2) is 57.8 Å². The first-order valence-electron chi connectivity index (χ1n) is 13.8. The normalized spacial score (nSPS) is 14.3. The summed E-state index contributed by atoms with van der Waals surface area (Å²) in [5, 5.41) is 9.26. The third-order valence-corrected chi connectivity index (χ3v) is 8.03. The van der Waals surface area contributed by atoms with E-state index in [1.165, 1.54) is 11.8 Å². The second kappa shape index (κ2) is 14.4. The number of likely N-dealkylation sites (N-methyl/N-ethyl adjacent to an activating group) is 1. The topological polar surface area (TPSA) is 98.6 Å². The number of hydrogen-bond donors (Lipinski definition) is 1. The van der Waals surface area contributed by atoms with E-state index in [1.54, 1.807) is 21.7 Å². The number of carbonyl (C=O) groups is 2. The highest BCUT2D eigenvalue weighted by Gasteiger charge is 2.35. The van der Waals surface area contributed by atoms with Gasteiger partial charge < -0.3 is 19.7 Å². The van der Waals surface area contributed by atoms with Crippen molar-refractivity contribution in [3.05, 3.63) is 76.0 Å². The second-order valence-electron chi connectivity index (χ2n) is 9.52. The van der Waals surface area contributed by atoms with E-state index < -0.39 is 12.0 Å². The van der Waals surface area contributed by atoms with E-state index in [1.807, 2.05) is 64.1 Å². The van der Waals surface area contributed by atoms with Crippen molar-refractivity contribution in [2.24, 2.45) is 0 Å². The first kappa shape index (κ1) is 30.5. The van der Waals surface area contributed by atoms with Crippen LogP contribution in [0.15, 0.2) is 65.0 Å². The summed E-state index contributed by atoms with van der Waals surface area (Å²) >= 11 is 7.81. The minimum atomic E-state index is -0.561. The number of allylic oxidation sites excluding steroid dienone is 1. The van der Waals surface area contributed by atoms with E-state index in [9.17, 15) is 9.59 Å². The van der Waals surface area contributed by atoms with Crippen LogP contribution in [-0.2, 0) is 20.1 Å². The standard InChI is InChI=1S/C30H36ClN5O4S/c1-5-8-17-39-28(38)26-20(4)32-29-33-30(41-19-22-11-9-10-12-24(22)31)34-36(29)27(26)21-13-15-23(16-14-21)40-18-25(37)35(6-2)7-3/h9-16,27H,5-8,17-19H2,1-4H3,(H,32,33,34). The fourth-order valence-corrected chi connectivity index (χ4v) is 5.58. The van der Waals surface area contributed by atoms with Gasteiger partial charge >= 0.3 is 5.97 Å². The maximum absolute atomic E-state index is 13.3. The number of carbonyl (C=O) groups excluding carboxylic acids is 2. The molecule has 4 rings (SSSR count). The van der Waals surface area contributed by atoms with E-state index in [2.05, 4.69) is 5.32 Å². The van der Waals surface area contributed by atoms with Crippen molar-refractivity contribution < 1.29 is 19.1 Å². The summed E-state index contributed by atoms with van der Waals surface area (Å²) in [7, 11) is 0. The summed E-state index contributed by atoms with van der Waals surface area (Å²) in [6, 6.07) is 14.5. The number of ether oxygens (including phenoxy) is 2. The average Bonchev–Trinajstić information content (AvgIpc) is 3.38. The molecule has 0 saturated carbocycles. The van der Waals surface area contributed by atoms with Crippen molar-refractivity contribution in [1.29, 1.82) is 0 Å². The van der Waals surface area contributed by atoms with Crippen LogP contribution in [0.5, 0.6) is 5.75 Å². The Morgan fingerprint density at radius 3 is 2.51 bits per heavy atom. The lowest BCUT2D eigenvalue weighted by Gasteiger charge is -2.28. The molecule has 1 unspecified atom stereocenters. The van der Waals surface area contributed by atoms with E-state index in [4.69, 9.17) is 31.2 Å². The second-order valence-corrected chi connectivity index (χ2v) is 10.9. The molecule has 1 atom stereocenters. The largest absolute Gasteiger partial charge is 0.484 e. The van der Waals surface area contributed by atoms with Gasteiger partial charge in [0.25, 0.3) is 5.91 Å². The summed E-state index contributed by atoms with van der Waals surface area (Å²) in [5.74, 6) is 1.23. The number of aromatic nitrogens is 3. The number of benzene rings is 2. The van der Waals surface area contributed by atoms with Crippen LogP contribution in [0.4, 0.5) is 5.95 Å². The van der Waals surface area contributed by atoms with Crippen LogP contribution in [0, 0.1) is 0 Å². The molecule has 1 aliphatic rings. The van der Waals surface area contributed by atoms with Gasteiger partial charge in [-0.1, -0.05) is 67.0 Å². The summed E-state index contributed by atoms with van der Waals surface area (Å²) in [4.78, 5) is 32.1. The summed E-state index contributed by atoms with van der Waals surface area (Å²) in [5.41, 5.74) is 2.92. The molecular formula is C30H36ClN5O4S. The zero-order valence-corrected chi connectivity index (χ0v) is 25.4. The molecule has 1 aromatic heterocycles. The molecule has 0 fully saturated rings. The smallest absolute Gasteiger partial charge is 0.338 e. The Bertz CT molecular complexity index is 1390. The van der Waals surface area contributed by atoms with Crippen LogP contribution >= 0.6 is 23.4 Å². The Morgan fingerprint density at radius 1 is 1.10 bits per heavy atom. The number of unbranched alkanes of at least 4 members (excludes halogenated alkanes) is 1. The summed E-state index contributed by atoms with van der Waals surface area (Å²) in [6.07, 6.45) is 1.70. The van der Waals surface area contributed by atoms with Crippen LogP contribution in [0.25, 0.3) is 0 Å². The third kappa shape index (κ3) is 7.42. The molecule has 11 heteroatoms. The van der Waals surface area contributed by atoms with Gasteiger partial charge in [0.15, 0.2) is 6.61 Å². The molecule has 1 aliphatic heterocycles. The van der Waals surface area contributed by atoms with Gasteiger partial charge in [-0.2, -0.15) is 4.98 Å². The lowest BCUT2D eigenvalue weighted by atomic mass is 9.96. The van der Waals surface area contributed by atoms with Crippen molar-refractivity contribution in [2.75, 3.05) is 31.6 Å². The molecule has 1 amide bonds. The van der Waals surface area contributed by atoms with Crippen LogP contribution in [0.2, 0.25) is 5.02 Å².